The molecule has 0 bridgehead atoms. The molecule has 3 aromatic rings. The number of carbonyl (C=O) groups excluding carboxylic acids is 1. The molecule has 1 aromatic carbocycles. The quantitative estimate of drug-likeness (QED) is 0.646. The molecule has 0 radical (unpaired) electrons. The summed E-state index contributed by atoms with van der Waals surface area (Å²) in [5, 5.41) is 3.18. The second-order valence-electron chi connectivity index (χ2n) is 7.84. The SMILES string of the molecule is O=C(CCCc1nc2cccnc2n1Cc1ccc(F)cc1)NC1CCCCC1. The van der Waals surface area contributed by atoms with Crippen molar-refractivity contribution in [2.24, 2.45) is 0 Å². The van der Waals surface area contributed by atoms with E-state index in [4.69, 9.17) is 4.98 Å². The first-order valence-corrected chi connectivity index (χ1v) is 10.5. The molecule has 152 valence electrons. The van der Waals surface area contributed by atoms with Crippen molar-refractivity contribution in [2.75, 3.05) is 0 Å². The zero-order chi connectivity index (χ0) is 20.1. The fourth-order valence-corrected chi connectivity index (χ4v) is 4.09. The van der Waals surface area contributed by atoms with Gasteiger partial charge < -0.3 is 9.88 Å². The molecular weight excluding hydrogens is 367 g/mol. The Bertz CT molecular complexity index is 961. The topological polar surface area (TPSA) is 59.8 Å². The number of amides is 1. The van der Waals surface area contributed by atoms with Crippen molar-refractivity contribution in [2.45, 2.75) is 64.0 Å². The van der Waals surface area contributed by atoms with Crippen LogP contribution in [0.4, 0.5) is 4.39 Å². The van der Waals surface area contributed by atoms with Gasteiger partial charge in [0.25, 0.3) is 0 Å². The van der Waals surface area contributed by atoms with Gasteiger partial charge in [-0.25, -0.2) is 14.4 Å². The molecule has 0 spiro atoms. The number of carbonyl (C=O) groups is 1. The number of aryl methyl sites for hydroxylation is 1. The molecule has 2 aromatic heterocycles. The van der Waals surface area contributed by atoms with Gasteiger partial charge in [0.05, 0.1) is 6.54 Å². The van der Waals surface area contributed by atoms with Crippen LogP contribution < -0.4 is 5.32 Å². The van der Waals surface area contributed by atoms with Crippen molar-refractivity contribution < 1.29 is 9.18 Å². The Morgan fingerprint density at radius 2 is 1.93 bits per heavy atom. The highest BCUT2D eigenvalue weighted by atomic mass is 19.1. The maximum atomic E-state index is 13.2. The molecule has 1 N–H and O–H groups in total. The van der Waals surface area contributed by atoms with Gasteiger partial charge in [0.1, 0.15) is 17.2 Å². The number of pyridine rings is 1. The second-order valence-corrected chi connectivity index (χ2v) is 7.84. The van der Waals surface area contributed by atoms with Crippen LogP contribution in [0.15, 0.2) is 42.6 Å². The molecule has 1 aliphatic carbocycles. The Hall–Kier alpha value is -2.76. The van der Waals surface area contributed by atoms with E-state index in [0.717, 1.165) is 41.8 Å². The number of aromatic nitrogens is 3. The van der Waals surface area contributed by atoms with Crippen LogP contribution in [0, 0.1) is 5.82 Å². The number of rotatable bonds is 7. The summed E-state index contributed by atoms with van der Waals surface area (Å²) in [7, 11) is 0. The molecule has 5 nitrogen and oxygen atoms in total. The molecule has 1 saturated carbocycles. The number of fused-ring (bicyclic) bond motifs is 1. The summed E-state index contributed by atoms with van der Waals surface area (Å²) in [6.45, 7) is 0.581. The summed E-state index contributed by atoms with van der Waals surface area (Å²) in [4.78, 5) is 21.5. The highest BCUT2D eigenvalue weighted by molar-refractivity contribution is 5.76. The van der Waals surface area contributed by atoms with Gasteiger partial charge in [-0.15, -0.1) is 0 Å². The first-order valence-electron chi connectivity index (χ1n) is 10.5. The lowest BCUT2D eigenvalue weighted by Gasteiger charge is -2.22. The van der Waals surface area contributed by atoms with E-state index in [9.17, 15) is 9.18 Å². The lowest BCUT2D eigenvalue weighted by atomic mass is 9.95. The van der Waals surface area contributed by atoms with Crippen LogP contribution in [-0.2, 0) is 17.8 Å². The van der Waals surface area contributed by atoms with Gasteiger partial charge in [0.2, 0.25) is 5.91 Å². The molecule has 29 heavy (non-hydrogen) atoms. The van der Waals surface area contributed by atoms with Crippen molar-refractivity contribution in [1.29, 1.82) is 0 Å². The highest BCUT2D eigenvalue weighted by Gasteiger charge is 2.16. The first kappa shape index (κ1) is 19.6. The summed E-state index contributed by atoms with van der Waals surface area (Å²) in [5.41, 5.74) is 2.65. The van der Waals surface area contributed by atoms with Gasteiger partial charge in [-0.05, 0) is 49.1 Å². The van der Waals surface area contributed by atoms with Crippen LogP contribution in [-0.4, -0.2) is 26.5 Å². The van der Waals surface area contributed by atoms with Crippen LogP contribution in [0.1, 0.15) is 56.3 Å². The Morgan fingerprint density at radius 3 is 2.72 bits per heavy atom. The molecule has 0 unspecified atom stereocenters. The number of imidazole rings is 1. The van der Waals surface area contributed by atoms with Crippen LogP contribution in [0.3, 0.4) is 0 Å². The van der Waals surface area contributed by atoms with Crippen LogP contribution >= 0.6 is 0 Å². The monoisotopic (exact) mass is 394 g/mol. The molecule has 1 fully saturated rings. The predicted molar refractivity (Wildman–Crippen MR) is 111 cm³/mol. The Morgan fingerprint density at radius 1 is 1.14 bits per heavy atom. The third kappa shape index (κ3) is 5.00. The molecule has 1 amide bonds. The van der Waals surface area contributed by atoms with Crippen LogP contribution in [0.2, 0.25) is 0 Å². The van der Waals surface area contributed by atoms with E-state index >= 15 is 0 Å². The van der Waals surface area contributed by atoms with Crippen molar-refractivity contribution in [3.8, 4) is 0 Å². The molecule has 0 aliphatic heterocycles. The third-order valence-corrected chi connectivity index (χ3v) is 5.61. The maximum absolute atomic E-state index is 13.2. The van der Waals surface area contributed by atoms with Gasteiger partial charge in [-0.1, -0.05) is 31.4 Å². The number of nitrogens with one attached hydrogen (secondary N) is 1. The zero-order valence-corrected chi connectivity index (χ0v) is 16.6. The van der Waals surface area contributed by atoms with E-state index < -0.39 is 0 Å². The number of hydrogen-bond donors (Lipinski definition) is 1. The predicted octanol–water partition coefficient (Wildman–Crippen LogP) is 4.39. The lowest BCUT2D eigenvalue weighted by Crippen LogP contribution is -2.36. The minimum atomic E-state index is -0.244. The summed E-state index contributed by atoms with van der Waals surface area (Å²) < 4.78 is 15.3. The summed E-state index contributed by atoms with van der Waals surface area (Å²) >= 11 is 0. The summed E-state index contributed by atoms with van der Waals surface area (Å²) in [6, 6.07) is 10.7. The van der Waals surface area contributed by atoms with Gasteiger partial charge in [-0.2, -0.15) is 0 Å². The number of halogens is 1. The van der Waals surface area contributed by atoms with E-state index in [1.807, 2.05) is 12.1 Å². The molecule has 0 atom stereocenters. The minimum Gasteiger partial charge on any atom is -0.353 e. The normalized spacial score (nSPS) is 14.9. The second kappa shape index (κ2) is 9.16. The largest absolute Gasteiger partial charge is 0.353 e. The van der Waals surface area contributed by atoms with Crippen molar-refractivity contribution in [3.05, 3.63) is 59.8 Å². The fourth-order valence-electron chi connectivity index (χ4n) is 4.09. The van der Waals surface area contributed by atoms with Crippen molar-refractivity contribution >= 4 is 17.1 Å². The third-order valence-electron chi connectivity index (χ3n) is 5.61. The van der Waals surface area contributed by atoms with Gasteiger partial charge >= 0.3 is 0 Å². The van der Waals surface area contributed by atoms with Crippen molar-refractivity contribution in [3.63, 3.8) is 0 Å². The Labute approximate surface area is 170 Å². The Kier molecular flexibility index (Phi) is 6.17. The van der Waals surface area contributed by atoms with Gasteiger partial charge in [0.15, 0.2) is 5.65 Å². The summed E-state index contributed by atoms with van der Waals surface area (Å²) in [5.74, 6) is 0.802. The molecule has 4 rings (SSSR count). The molecule has 6 heteroatoms. The van der Waals surface area contributed by atoms with E-state index in [1.165, 1.54) is 31.4 Å². The minimum absolute atomic E-state index is 0.135. The lowest BCUT2D eigenvalue weighted by molar-refractivity contribution is -0.122. The van der Waals surface area contributed by atoms with Gasteiger partial charge in [0, 0.05) is 25.1 Å². The number of benzene rings is 1. The molecule has 2 heterocycles. The van der Waals surface area contributed by atoms with Crippen LogP contribution in [0.25, 0.3) is 11.2 Å². The number of nitrogens with zero attached hydrogens (tertiary/aromatic N) is 3. The van der Waals surface area contributed by atoms with Gasteiger partial charge in [-0.3, -0.25) is 4.79 Å². The molecule has 0 saturated heterocycles. The molecular formula is C23H27FN4O. The standard InChI is InChI=1S/C23H27FN4O/c24-18-13-11-17(12-14-18)16-28-21(27-20-8-5-15-25-23(20)28)9-4-10-22(29)26-19-6-2-1-3-7-19/h5,8,11-15,19H,1-4,6-7,9-10,16H2,(H,26,29). The maximum Gasteiger partial charge on any atom is 0.220 e. The summed E-state index contributed by atoms with van der Waals surface area (Å²) in [6.07, 6.45) is 9.62. The van der Waals surface area contributed by atoms with E-state index in [2.05, 4.69) is 14.9 Å². The number of hydrogen-bond acceptors (Lipinski definition) is 3. The first-order chi connectivity index (χ1) is 14.2. The smallest absolute Gasteiger partial charge is 0.220 e. The van der Waals surface area contributed by atoms with Crippen LogP contribution in [0.5, 0.6) is 0 Å². The fraction of sp³-hybridized carbons (Fsp3) is 0.435. The highest BCUT2D eigenvalue weighted by Crippen LogP contribution is 2.19. The van der Waals surface area contributed by atoms with E-state index in [-0.39, 0.29) is 11.7 Å². The van der Waals surface area contributed by atoms with E-state index in [0.29, 0.717) is 25.4 Å². The average Bonchev–Trinajstić information content (AvgIpc) is 3.08. The molecule has 1 aliphatic rings. The van der Waals surface area contributed by atoms with Crippen molar-refractivity contribution in [1.82, 2.24) is 19.9 Å². The zero-order valence-electron chi connectivity index (χ0n) is 16.6. The average molecular weight is 394 g/mol. The van der Waals surface area contributed by atoms with E-state index in [1.54, 1.807) is 18.3 Å². The Balaban J connectivity index is 1.42.